The normalized spacial score (nSPS) is 18.5. The fraction of sp³-hybridized carbons (Fsp3) is 0.682. The van der Waals surface area contributed by atoms with Crippen LogP contribution in [0.3, 0.4) is 0 Å². The summed E-state index contributed by atoms with van der Waals surface area (Å²) >= 11 is 0. The Labute approximate surface area is 159 Å². The van der Waals surface area contributed by atoms with E-state index >= 15 is 0 Å². The van der Waals surface area contributed by atoms with Gasteiger partial charge in [0.25, 0.3) is 5.91 Å². The molecule has 1 aromatic rings. The van der Waals surface area contributed by atoms with Gasteiger partial charge in [0, 0.05) is 13.1 Å². The summed E-state index contributed by atoms with van der Waals surface area (Å²) in [5.41, 5.74) is 1.39. The zero-order valence-corrected chi connectivity index (χ0v) is 17.0. The smallest absolute Gasteiger partial charge is 0.257 e. The van der Waals surface area contributed by atoms with Crippen LogP contribution in [0.1, 0.15) is 58.9 Å². The second kappa shape index (κ2) is 9.96. The van der Waals surface area contributed by atoms with Crippen molar-refractivity contribution in [3.05, 3.63) is 29.8 Å². The standard InChI is InChI=1S/C22H36N2O2/c1-18-8-7-15-24(16-18)14-6-5-13-23-21(25)17-26-20-11-9-19(10-12-20)22(2,3)4/h9-12,18H,5-8,13-17H2,1-4H3,(H,23,25). The van der Waals surface area contributed by atoms with E-state index in [1.165, 1.54) is 31.5 Å². The number of nitrogens with one attached hydrogen (secondary N) is 1. The van der Waals surface area contributed by atoms with Crippen molar-refractivity contribution in [3.8, 4) is 5.75 Å². The highest BCUT2D eigenvalue weighted by atomic mass is 16.5. The van der Waals surface area contributed by atoms with Crippen molar-refractivity contribution in [1.29, 1.82) is 0 Å². The van der Waals surface area contributed by atoms with Gasteiger partial charge in [0.1, 0.15) is 5.75 Å². The predicted octanol–water partition coefficient (Wildman–Crippen LogP) is 3.99. The van der Waals surface area contributed by atoms with Gasteiger partial charge in [-0.25, -0.2) is 0 Å². The van der Waals surface area contributed by atoms with Crippen LogP contribution >= 0.6 is 0 Å². The molecule has 1 unspecified atom stereocenters. The highest BCUT2D eigenvalue weighted by Gasteiger charge is 2.15. The molecule has 4 heteroatoms. The highest BCUT2D eigenvalue weighted by molar-refractivity contribution is 5.77. The molecular formula is C22H36N2O2. The van der Waals surface area contributed by atoms with Crippen molar-refractivity contribution >= 4 is 5.91 Å². The van der Waals surface area contributed by atoms with E-state index in [2.05, 4.69) is 50.0 Å². The van der Waals surface area contributed by atoms with Gasteiger partial charge < -0.3 is 15.0 Å². The van der Waals surface area contributed by atoms with Gasteiger partial charge >= 0.3 is 0 Å². The Morgan fingerprint density at radius 3 is 2.62 bits per heavy atom. The molecule has 1 aromatic carbocycles. The molecule has 26 heavy (non-hydrogen) atoms. The number of carbonyl (C=O) groups is 1. The minimum Gasteiger partial charge on any atom is -0.484 e. The Morgan fingerprint density at radius 2 is 1.96 bits per heavy atom. The molecule has 0 spiro atoms. The van der Waals surface area contributed by atoms with Crippen molar-refractivity contribution in [3.63, 3.8) is 0 Å². The van der Waals surface area contributed by atoms with Crippen LogP contribution < -0.4 is 10.1 Å². The highest BCUT2D eigenvalue weighted by Crippen LogP contribution is 2.24. The monoisotopic (exact) mass is 360 g/mol. The van der Waals surface area contributed by atoms with Crippen molar-refractivity contribution in [2.24, 2.45) is 5.92 Å². The van der Waals surface area contributed by atoms with Crippen molar-refractivity contribution in [1.82, 2.24) is 10.2 Å². The summed E-state index contributed by atoms with van der Waals surface area (Å²) in [5, 5.41) is 2.95. The summed E-state index contributed by atoms with van der Waals surface area (Å²) in [6.45, 7) is 13.3. The summed E-state index contributed by atoms with van der Waals surface area (Å²) in [7, 11) is 0. The molecule has 146 valence electrons. The molecule has 0 saturated carbocycles. The third kappa shape index (κ3) is 7.36. The number of likely N-dealkylation sites (tertiary alicyclic amines) is 1. The van der Waals surface area contributed by atoms with E-state index in [9.17, 15) is 4.79 Å². The number of hydrogen-bond donors (Lipinski definition) is 1. The van der Waals surface area contributed by atoms with Crippen LogP contribution in [0.15, 0.2) is 24.3 Å². The van der Waals surface area contributed by atoms with Gasteiger partial charge in [-0.15, -0.1) is 0 Å². The Morgan fingerprint density at radius 1 is 1.23 bits per heavy atom. The van der Waals surface area contributed by atoms with E-state index in [0.29, 0.717) is 0 Å². The Balaban J connectivity index is 1.56. The number of ether oxygens (including phenoxy) is 1. The van der Waals surface area contributed by atoms with Crippen LogP contribution in [0.4, 0.5) is 0 Å². The quantitative estimate of drug-likeness (QED) is 0.713. The maximum Gasteiger partial charge on any atom is 0.257 e. The number of benzene rings is 1. The molecule has 1 atom stereocenters. The van der Waals surface area contributed by atoms with Crippen LogP contribution in [0.2, 0.25) is 0 Å². The van der Waals surface area contributed by atoms with E-state index in [4.69, 9.17) is 4.74 Å². The number of unbranched alkanes of at least 4 members (excludes halogenated alkanes) is 1. The fourth-order valence-electron chi connectivity index (χ4n) is 3.43. The zero-order valence-electron chi connectivity index (χ0n) is 17.0. The Bertz CT molecular complexity index is 548. The molecule has 0 radical (unpaired) electrons. The molecule has 0 aliphatic carbocycles. The van der Waals surface area contributed by atoms with Crippen LogP contribution in [-0.2, 0) is 10.2 Å². The molecule has 1 heterocycles. The largest absolute Gasteiger partial charge is 0.484 e. The summed E-state index contributed by atoms with van der Waals surface area (Å²) in [4.78, 5) is 14.5. The first-order valence-electron chi connectivity index (χ1n) is 10.1. The molecule has 1 saturated heterocycles. The van der Waals surface area contributed by atoms with Gasteiger partial charge in [-0.3, -0.25) is 4.79 Å². The number of amides is 1. The summed E-state index contributed by atoms with van der Waals surface area (Å²) in [6.07, 6.45) is 4.86. The lowest BCUT2D eigenvalue weighted by Crippen LogP contribution is -2.35. The van der Waals surface area contributed by atoms with Crippen LogP contribution in [-0.4, -0.2) is 43.6 Å². The van der Waals surface area contributed by atoms with Gasteiger partial charge in [-0.05, 0) is 67.8 Å². The van der Waals surface area contributed by atoms with Gasteiger partial charge in [0.05, 0.1) is 0 Å². The molecule has 1 aliphatic heterocycles. The minimum atomic E-state index is -0.0449. The molecule has 1 fully saturated rings. The maximum atomic E-state index is 11.9. The van der Waals surface area contributed by atoms with Gasteiger partial charge in [-0.1, -0.05) is 39.8 Å². The van der Waals surface area contributed by atoms with Gasteiger partial charge in [-0.2, -0.15) is 0 Å². The lowest BCUT2D eigenvalue weighted by Gasteiger charge is -2.30. The van der Waals surface area contributed by atoms with Gasteiger partial charge in [0.15, 0.2) is 6.61 Å². The molecule has 0 aromatic heterocycles. The fourth-order valence-corrected chi connectivity index (χ4v) is 3.43. The third-order valence-corrected chi connectivity index (χ3v) is 5.05. The van der Waals surface area contributed by atoms with E-state index in [-0.39, 0.29) is 17.9 Å². The predicted molar refractivity (Wildman–Crippen MR) is 108 cm³/mol. The van der Waals surface area contributed by atoms with E-state index < -0.39 is 0 Å². The van der Waals surface area contributed by atoms with Crippen LogP contribution in [0.5, 0.6) is 5.75 Å². The number of carbonyl (C=O) groups excluding carboxylic acids is 1. The summed E-state index contributed by atoms with van der Waals surface area (Å²) < 4.78 is 5.58. The topological polar surface area (TPSA) is 41.6 Å². The lowest BCUT2D eigenvalue weighted by atomic mass is 9.87. The molecule has 4 nitrogen and oxygen atoms in total. The summed E-state index contributed by atoms with van der Waals surface area (Å²) in [6, 6.07) is 8.00. The third-order valence-electron chi connectivity index (χ3n) is 5.05. The summed E-state index contributed by atoms with van der Waals surface area (Å²) in [5.74, 6) is 1.53. The average Bonchev–Trinajstić information content (AvgIpc) is 2.59. The molecule has 1 amide bonds. The molecule has 2 rings (SSSR count). The van der Waals surface area contributed by atoms with Crippen molar-refractivity contribution in [2.75, 3.05) is 32.8 Å². The second-order valence-electron chi connectivity index (χ2n) is 8.67. The number of rotatable bonds is 8. The molecule has 1 N–H and O–H groups in total. The Hall–Kier alpha value is -1.55. The SMILES string of the molecule is CC1CCCN(CCCCNC(=O)COc2ccc(C(C)(C)C)cc2)C1. The number of nitrogens with zero attached hydrogens (tertiary/aromatic N) is 1. The molecular weight excluding hydrogens is 324 g/mol. The Kier molecular flexibility index (Phi) is 7.95. The first-order chi connectivity index (χ1) is 12.3. The first-order valence-corrected chi connectivity index (χ1v) is 10.1. The van der Waals surface area contributed by atoms with E-state index in [1.807, 2.05) is 12.1 Å². The van der Waals surface area contributed by atoms with Crippen molar-refractivity contribution < 1.29 is 9.53 Å². The van der Waals surface area contributed by atoms with Crippen LogP contribution in [0, 0.1) is 5.92 Å². The van der Waals surface area contributed by atoms with Crippen LogP contribution in [0.25, 0.3) is 0 Å². The minimum absolute atomic E-state index is 0.0449. The van der Waals surface area contributed by atoms with Crippen molar-refractivity contribution in [2.45, 2.75) is 58.8 Å². The first kappa shape index (κ1) is 20.8. The second-order valence-corrected chi connectivity index (χ2v) is 8.67. The number of hydrogen-bond acceptors (Lipinski definition) is 3. The lowest BCUT2D eigenvalue weighted by molar-refractivity contribution is -0.123. The zero-order chi connectivity index (χ0) is 19.0. The van der Waals surface area contributed by atoms with Gasteiger partial charge in [0.2, 0.25) is 0 Å². The molecule has 1 aliphatic rings. The number of piperidine rings is 1. The average molecular weight is 361 g/mol. The van der Waals surface area contributed by atoms with E-state index in [0.717, 1.165) is 37.6 Å². The van der Waals surface area contributed by atoms with E-state index in [1.54, 1.807) is 0 Å². The maximum absolute atomic E-state index is 11.9. The molecule has 0 bridgehead atoms.